The lowest BCUT2D eigenvalue weighted by atomic mass is 10.3. The fourth-order valence-corrected chi connectivity index (χ4v) is 2.06. The molecule has 8 heteroatoms. The lowest BCUT2D eigenvalue weighted by molar-refractivity contribution is 0.602. The lowest BCUT2D eigenvalue weighted by Gasteiger charge is -2.07. The van der Waals surface area contributed by atoms with Crippen LogP contribution in [-0.2, 0) is 9.84 Å². The van der Waals surface area contributed by atoms with Gasteiger partial charge in [-0.3, -0.25) is 0 Å². The second-order valence-corrected chi connectivity index (χ2v) is 5.74. The summed E-state index contributed by atoms with van der Waals surface area (Å²) >= 11 is 0. The van der Waals surface area contributed by atoms with Crippen molar-refractivity contribution in [3.05, 3.63) is 36.5 Å². The maximum absolute atomic E-state index is 11.4. The number of anilines is 3. The van der Waals surface area contributed by atoms with E-state index in [2.05, 4.69) is 15.3 Å². The topological polar surface area (TPSA) is 98.0 Å². The van der Waals surface area contributed by atoms with Crippen molar-refractivity contribution in [2.45, 2.75) is 4.90 Å². The molecule has 1 aromatic heterocycles. The van der Waals surface area contributed by atoms with E-state index >= 15 is 0 Å². The zero-order chi connectivity index (χ0) is 13.2. The minimum absolute atomic E-state index is 0. The summed E-state index contributed by atoms with van der Waals surface area (Å²) in [5.74, 6) is 0.660. The number of hydrogen-bond acceptors (Lipinski definition) is 6. The fraction of sp³-hybridized carbons (Fsp3) is 0.0909. The number of nitrogens with zero attached hydrogens (tertiary/aromatic N) is 2. The van der Waals surface area contributed by atoms with Crippen molar-refractivity contribution in [3.8, 4) is 0 Å². The summed E-state index contributed by atoms with van der Waals surface area (Å²) in [7, 11) is -3.22. The molecule has 0 aliphatic heterocycles. The quantitative estimate of drug-likeness (QED) is 0.894. The van der Waals surface area contributed by atoms with Crippen LogP contribution in [0.2, 0.25) is 0 Å². The zero-order valence-corrected chi connectivity index (χ0v) is 11.7. The maximum Gasteiger partial charge on any atom is 0.221 e. The molecule has 1 aromatic carbocycles. The molecule has 0 aliphatic carbocycles. The van der Waals surface area contributed by atoms with Crippen LogP contribution in [-0.4, -0.2) is 24.6 Å². The number of nitrogens with one attached hydrogen (secondary N) is 1. The molecule has 0 spiro atoms. The van der Waals surface area contributed by atoms with E-state index in [-0.39, 0.29) is 23.3 Å². The minimum Gasteiger partial charge on any atom is -0.368 e. The first-order chi connectivity index (χ1) is 8.45. The highest BCUT2D eigenvalue weighted by Crippen LogP contribution is 2.18. The van der Waals surface area contributed by atoms with Crippen LogP contribution in [0.25, 0.3) is 0 Å². The van der Waals surface area contributed by atoms with Crippen LogP contribution in [0.5, 0.6) is 0 Å². The van der Waals surface area contributed by atoms with Gasteiger partial charge in [-0.2, -0.15) is 4.98 Å². The number of halogens is 1. The third-order valence-electron chi connectivity index (χ3n) is 2.21. The van der Waals surface area contributed by atoms with Gasteiger partial charge < -0.3 is 11.1 Å². The first-order valence-electron chi connectivity index (χ1n) is 5.11. The second kappa shape index (κ2) is 5.85. The Kier molecular flexibility index (Phi) is 4.68. The number of nitrogens with two attached hydrogens (primary N) is 1. The van der Waals surface area contributed by atoms with Gasteiger partial charge in [-0.15, -0.1) is 12.4 Å². The third kappa shape index (κ3) is 4.08. The molecule has 0 radical (unpaired) electrons. The molecule has 2 rings (SSSR count). The Labute approximate surface area is 117 Å². The molecule has 102 valence electrons. The number of rotatable bonds is 3. The van der Waals surface area contributed by atoms with E-state index in [0.29, 0.717) is 11.5 Å². The van der Waals surface area contributed by atoms with E-state index in [1.807, 2.05) is 0 Å². The monoisotopic (exact) mass is 300 g/mol. The van der Waals surface area contributed by atoms with Gasteiger partial charge in [-0.05, 0) is 24.3 Å². The van der Waals surface area contributed by atoms with Gasteiger partial charge in [0.1, 0.15) is 5.82 Å². The standard InChI is InChI=1S/C11H12N4O2S.ClH/c1-18(16,17)9-4-2-3-8(7-9)14-10-5-6-13-11(12)15-10;/h2-7H,1H3,(H3,12,13,14,15);1H. The molecule has 0 unspecified atom stereocenters. The highest BCUT2D eigenvalue weighted by molar-refractivity contribution is 7.90. The molecular weight excluding hydrogens is 288 g/mol. The number of sulfone groups is 1. The number of nitrogen functional groups attached to an aromatic ring is 1. The summed E-state index contributed by atoms with van der Waals surface area (Å²) < 4.78 is 22.8. The average Bonchev–Trinajstić information content (AvgIpc) is 2.28. The summed E-state index contributed by atoms with van der Waals surface area (Å²) in [6.45, 7) is 0. The highest BCUT2D eigenvalue weighted by atomic mass is 35.5. The smallest absolute Gasteiger partial charge is 0.221 e. The fourth-order valence-electron chi connectivity index (χ4n) is 1.40. The molecule has 3 N–H and O–H groups in total. The van der Waals surface area contributed by atoms with Crippen LogP contribution in [0.3, 0.4) is 0 Å². The molecule has 0 saturated carbocycles. The zero-order valence-electron chi connectivity index (χ0n) is 10.1. The van der Waals surface area contributed by atoms with Crippen molar-refractivity contribution in [2.24, 2.45) is 0 Å². The Hall–Kier alpha value is -1.86. The lowest BCUT2D eigenvalue weighted by Crippen LogP contribution is -2.01. The highest BCUT2D eigenvalue weighted by Gasteiger charge is 2.07. The van der Waals surface area contributed by atoms with Crippen LogP contribution in [0.1, 0.15) is 0 Å². The molecule has 1 heterocycles. The molecule has 0 aliphatic rings. The Balaban J connectivity index is 0.00000180. The van der Waals surface area contributed by atoms with Crippen molar-refractivity contribution < 1.29 is 8.42 Å². The van der Waals surface area contributed by atoms with E-state index in [1.54, 1.807) is 18.2 Å². The summed E-state index contributed by atoms with van der Waals surface area (Å²) in [4.78, 5) is 7.98. The van der Waals surface area contributed by atoms with E-state index in [4.69, 9.17) is 5.73 Å². The number of benzene rings is 1. The van der Waals surface area contributed by atoms with Gasteiger partial charge in [0.05, 0.1) is 4.90 Å². The summed E-state index contributed by atoms with van der Waals surface area (Å²) in [5.41, 5.74) is 6.07. The van der Waals surface area contributed by atoms with E-state index < -0.39 is 9.84 Å². The van der Waals surface area contributed by atoms with Crippen molar-refractivity contribution in [1.82, 2.24) is 9.97 Å². The van der Waals surface area contributed by atoms with Crippen molar-refractivity contribution in [2.75, 3.05) is 17.3 Å². The molecule has 2 aromatic rings. The Bertz CT molecular complexity index is 676. The summed E-state index contributed by atoms with van der Waals surface area (Å²) in [6, 6.07) is 8.11. The predicted molar refractivity (Wildman–Crippen MR) is 76.5 cm³/mol. The van der Waals surface area contributed by atoms with Crippen molar-refractivity contribution in [1.29, 1.82) is 0 Å². The van der Waals surface area contributed by atoms with Gasteiger partial charge in [0.2, 0.25) is 5.95 Å². The molecule has 0 saturated heterocycles. The first-order valence-corrected chi connectivity index (χ1v) is 7.00. The van der Waals surface area contributed by atoms with Gasteiger partial charge in [0.15, 0.2) is 9.84 Å². The van der Waals surface area contributed by atoms with Crippen LogP contribution in [0, 0.1) is 0 Å². The normalized spacial score (nSPS) is 10.6. The molecule has 19 heavy (non-hydrogen) atoms. The van der Waals surface area contributed by atoms with Crippen molar-refractivity contribution >= 4 is 39.7 Å². The summed E-state index contributed by atoms with van der Waals surface area (Å²) in [6.07, 6.45) is 2.68. The van der Waals surface area contributed by atoms with E-state index in [9.17, 15) is 8.42 Å². The Morgan fingerprint density at radius 1 is 1.26 bits per heavy atom. The number of hydrogen-bond donors (Lipinski definition) is 2. The van der Waals surface area contributed by atoms with Gasteiger partial charge in [-0.1, -0.05) is 6.07 Å². The maximum atomic E-state index is 11.4. The summed E-state index contributed by atoms with van der Waals surface area (Å²) in [5, 5.41) is 2.96. The van der Waals surface area contributed by atoms with Crippen LogP contribution >= 0.6 is 12.4 Å². The number of aromatic nitrogens is 2. The van der Waals surface area contributed by atoms with E-state index in [0.717, 1.165) is 6.26 Å². The minimum atomic E-state index is -3.22. The van der Waals surface area contributed by atoms with Crippen molar-refractivity contribution in [3.63, 3.8) is 0 Å². The molecule has 0 bridgehead atoms. The molecule has 0 atom stereocenters. The predicted octanol–water partition coefficient (Wildman–Crippen LogP) is 1.63. The molecular formula is C11H13ClN4O2S. The van der Waals surface area contributed by atoms with Gasteiger partial charge in [-0.25, -0.2) is 13.4 Å². The molecule has 6 nitrogen and oxygen atoms in total. The second-order valence-electron chi connectivity index (χ2n) is 3.73. The SMILES string of the molecule is CS(=O)(=O)c1cccc(Nc2ccnc(N)n2)c1.Cl. The average molecular weight is 301 g/mol. The van der Waals surface area contributed by atoms with Gasteiger partial charge >= 0.3 is 0 Å². The van der Waals surface area contributed by atoms with Crippen LogP contribution in [0.15, 0.2) is 41.4 Å². The van der Waals surface area contributed by atoms with Crippen LogP contribution in [0.4, 0.5) is 17.5 Å². The molecule has 0 fully saturated rings. The first kappa shape index (κ1) is 15.2. The third-order valence-corrected chi connectivity index (χ3v) is 3.32. The van der Waals surface area contributed by atoms with Crippen LogP contribution < -0.4 is 11.1 Å². The van der Waals surface area contributed by atoms with Gasteiger partial charge in [0, 0.05) is 18.1 Å². The largest absolute Gasteiger partial charge is 0.368 e. The van der Waals surface area contributed by atoms with Gasteiger partial charge in [0.25, 0.3) is 0 Å². The molecule has 0 amide bonds. The Morgan fingerprint density at radius 3 is 2.63 bits per heavy atom. The van der Waals surface area contributed by atoms with E-state index in [1.165, 1.54) is 18.3 Å². The Morgan fingerprint density at radius 2 is 2.00 bits per heavy atom.